The summed E-state index contributed by atoms with van der Waals surface area (Å²) in [6.45, 7) is 1.94. The maximum Gasteiger partial charge on any atom is 0.268 e. The highest BCUT2D eigenvalue weighted by atomic mass is 35.5. The van der Waals surface area contributed by atoms with Crippen LogP contribution in [0.2, 0.25) is 5.02 Å². The summed E-state index contributed by atoms with van der Waals surface area (Å²) in [5.74, 6) is 0.268. The first-order chi connectivity index (χ1) is 15.4. The molecule has 2 N–H and O–H groups in total. The maximum absolute atomic E-state index is 13.9. The van der Waals surface area contributed by atoms with Crippen molar-refractivity contribution in [3.8, 4) is 28.8 Å². The van der Waals surface area contributed by atoms with Crippen LogP contribution in [0, 0.1) is 11.3 Å². The summed E-state index contributed by atoms with van der Waals surface area (Å²) in [5.41, 5.74) is 7.71. The van der Waals surface area contributed by atoms with Gasteiger partial charge >= 0.3 is 0 Å². The number of nitrogens with zero attached hydrogens (tertiary/aromatic N) is 4. The van der Waals surface area contributed by atoms with Gasteiger partial charge in [-0.15, -0.1) is 0 Å². The van der Waals surface area contributed by atoms with Crippen molar-refractivity contribution in [3.63, 3.8) is 0 Å². The molecular weight excluding hydrogens is 446 g/mol. The highest BCUT2D eigenvalue weighted by molar-refractivity contribution is 7.90. The maximum atomic E-state index is 13.9. The van der Waals surface area contributed by atoms with Crippen molar-refractivity contribution in [2.75, 3.05) is 5.73 Å². The first-order valence-corrected chi connectivity index (χ1v) is 11.5. The normalized spacial score (nSPS) is 11.3. The third kappa shape index (κ3) is 3.73. The van der Waals surface area contributed by atoms with Crippen LogP contribution in [0.5, 0.6) is 0 Å². The number of aryl methyl sites for hydroxylation is 1. The van der Waals surface area contributed by atoms with Gasteiger partial charge in [0.25, 0.3) is 10.0 Å². The number of nitriles is 1. The molecule has 32 heavy (non-hydrogen) atoms. The average Bonchev–Trinajstić information content (AvgIpc) is 3.20. The molecule has 0 fully saturated rings. The molecule has 2 heterocycles. The monoisotopic (exact) mass is 463 g/mol. The zero-order valence-electron chi connectivity index (χ0n) is 17.0. The van der Waals surface area contributed by atoms with Gasteiger partial charge in [0, 0.05) is 16.8 Å². The van der Waals surface area contributed by atoms with Crippen molar-refractivity contribution in [2.24, 2.45) is 0 Å². The lowest BCUT2D eigenvalue weighted by atomic mass is 10.0. The Hall–Kier alpha value is -3.67. The molecular formula is C23H18ClN5O2S. The first-order valence-electron chi connectivity index (χ1n) is 9.71. The van der Waals surface area contributed by atoms with Gasteiger partial charge in [0.15, 0.2) is 5.82 Å². The lowest BCUT2D eigenvalue weighted by Crippen LogP contribution is -2.17. The topological polar surface area (TPSA) is 115 Å². The molecule has 0 spiro atoms. The highest BCUT2D eigenvalue weighted by Gasteiger charge is 2.30. The standard InChI is InChI=1S/C23H18ClN5O2S/c1-2-15-8-9-17(24)13-19(15)22-16(14-25)12-20(23-27-11-10-21(26)28-23)29(22)32(30,31)18-6-4-3-5-7-18/h3-13H,2H2,1H3,(H2,26,27,28). The van der Waals surface area contributed by atoms with Crippen LogP contribution in [0.15, 0.2) is 71.8 Å². The molecule has 0 radical (unpaired) electrons. The van der Waals surface area contributed by atoms with Crippen molar-refractivity contribution in [1.29, 1.82) is 5.26 Å². The van der Waals surface area contributed by atoms with E-state index in [0.717, 1.165) is 9.54 Å². The molecule has 0 saturated heterocycles. The molecule has 0 saturated carbocycles. The fourth-order valence-electron chi connectivity index (χ4n) is 3.51. The van der Waals surface area contributed by atoms with Crippen molar-refractivity contribution >= 4 is 27.4 Å². The van der Waals surface area contributed by atoms with Crippen molar-refractivity contribution in [2.45, 2.75) is 18.2 Å². The Morgan fingerprint density at radius 1 is 1.12 bits per heavy atom. The predicted octanol–water partition coefficient (Wildman–Crippen LogP) is 4.52. The van der Waals surface area contributed by atoms with E-state index >= 15 is 0 Å². The Morgan fingerprint density at radius 2 is 1.88 bits per heavy atom. The molecule has 2 aromatic heterocycles. The Labute approximate surface area is 190 Å². The van der Waals surface area contributed by atoms with Gasteiger partial charge in [0.05, 0.1) is 16.2 Å². The number of aromatic nitrogens is 3. The van der Waals surface area contributed by atoms with Crippen molar-refractivity contribution in [3.05, 3.63) is 83.0 Å². The minimum Gasteiger partial charge on any atom is -0.384 e. The molecule has 7 nitrogen and oxygen atoms in total. The first kappa shape index (κ1) is 21.6. The van der Waals surface area contributed by atoms with Crippen LogP contribution in [-0.4, -0.2) is 22.4 Å². The lowest BCUT2D eigenvalue weighted by Gasteiger charge is -2.16. The third-order valence-corrected chi connectivity index (χ3v) is 6.94. The van der Waals surface area contributed by atoms with Crippen LogP contribution in [0.4, 0.5) is 5.82 Å². The smallest absolute Gasteiger partial charge is 0.268 e. The molecule has 2 aromatic carbocycles. The number of anilines is 1. The number of halogens is 1. The number of nitrogens with two attached hydrogens (primary N) is 1. The van der Waals surface area contributed by atoms with E-state index in [9.17, 15) is 13.7 Å². The second kappa shape index (κ2) is 8.46. The summed E-state index contributed by atoms with van der Waals surface area (Å²) >= 11 is 6.26. The van der Waals surface area contributed by atoms with E-state index < -0.39 is 10.0 Å². The number of nitrogen functional groups attached to an aromatic ring is 1. The van der Waals surface area contributed by atoms with Gasteiger partial charge in [-0.05, 0) is 48.4 Å². The zero-order valence-corrected chi connectivity index (χ0v) is 18.6. The summed E-state index contributed by atoms with van der Waals surface area (Å²) in [6.07, 6.45) is 2.05. The fourth-order valence-corrected chi connectivity index (χ4v) is 5.22. The summed E-state index contributed by atoms with van der Waals surface area (Å²) in [5, 5.41) is 10.4. The molecule has 0 amide bonds. The molecule has 0 aliphatic carbocycles. The van der Waals surface area contributed by atoms with E-state index in [2.05, 4.69) is 16.0 Å². The largest absolute Gasteiger partial charge is 0.384 e. The van der Waals surface area contributed by atoms with Crippen LogP contribution in [-0.2, 0) is 16.4 Å². The zero-order chi connectivity index (χ0) is 22.9. The lowest BCUT2D eigenvalue weighted by molar-refractivity contribution is 0.588. The predicted molar refractivity (Wildman–Crippen MR) is 123 cm³/mol. The summed E-state index contributed by atoms with van der Waals surface area (Å²) in [7, 11) is -4.13. The summed E-state index contributed by atoms with van der Waals surface area (Å²) in [4.78, 5) is 8.47. The van der Waals surface area contributed by atoms with Gasteiger partial charge in [-0.3, -0.25) is 0 Å². The minimum atomic E-state index is -4.13. The van der Waals surface area contributed by atoms with Gasteiger partial charge in [-0.2, -0.15) is 5.26 Å². The molecule has 0 aliphatic rings. The Bertz CT molecular complexity index is 1460. The van der Waals surface area contributed by atoms with Gasteiger partial charge in [-0.1, -0.05) is 42.8 Å². The number of rotatable bonds is 5. The van der Waals surface area contributed by atoms with E-state index in [4.69, 9.17) is 17.3 Å². The van der Waals surface area contributed by atoms with E-state index in [1.807, 2.05) is 13.0 Å². The van der Waals surface area contributed by atoms with Crippen molar-refractivity contribution < 1.29 is 8.42 Å². The van der Waals surface area contributed by atoms with E-state index in [-0.39, 0.29) is 33.5 Å². The SMILES string of the molecule is CCc1ccc(Cl)cc1-c1c(C#N)cc(-c2nccc(N)n2)n1S(=O)(=O)c1ccccc1. The Morgan fingerprint density at radius 3 is 2.53 bits per heavy atom. The highest BCUT2D eigenvalue weighted by Crippen LogP contribution is 2.38. The van der Waals surface area contributed by atoms with Crippen LogP contribution < -0.4 is 5.73 Å². The van der Waals surface area contributed by atoms with Crippen molar-refractivity contribution in [1.82, 2.24) is 13.9 Å². The van der Waals surface area contributed by atoms with Crippen LogP contribution in [0.3, 0.4) is 0 Å². The molecule has 0 unspecified atom stereocenters. The minimum absolute atomic E-state index is 0.0616. The third-order valence-electron chi connectivity index (χ3n) is 4.97. The number of hydrogen-bond acceptors (Lipinski definition) is 6. The summed E-state index contributed by atoms with van der Waals surface area (Å²) < 4.78 is 28.8. The number of benzene rings is 2. The van der Waals surface area contributed by atoms with Gasteiger partial charge in [0.2, 0.25) is 0 Å². The molecule has 4 rings (SSSR count). The second-order valence-corrected chi connectivity index (χ2v) is 9.17. The number of hydrogen-bond donors (Lipinski definition) is 1. The van der Waals surface area contributed by atoms with Gasteiger partial charge in [-0.25, -0.2) is 22.4 Å². The van der Waals surface area contributed by atoms with Gasteiger partial charge in [0.1, 0.15) is 17.6 Å². The molecule has 0 bridgehead atoms. The molecule has 0 atom stereocenters. The van der Waals surface area contributed by atoms with E-state index in [0.29, 0.717) is 17.0 Å². The molecule has 9 heteroatoms. The van der Waals surface area contributed by atoms with Crippen LogP contribution in [0.1, 0.15) is 18.1 Å². The van der Waals surface area contributed by atoms with Gasteiger partial charge < -0.3 is 5.73 Å². The van der Waals surface area contributed by atoms with E-state index in [1.54, 1.807) is 30.3 Å². The molecule has 160 valence electrons. The molecule has 4 aromatic rings. The Balaban J connectivity index is 2.16. The van der Waals surface area contributed by atoms with E-state index in [1.165, 1.54) is 30.5 Å². The molecule has 0 aliphatic heterocycles. The second-order valence-electron chi connectivity index (χ2n) is 6.95. The Kier molecular flexibility index (Phi) is 5.70. The fraction of sp³-hybridized carbons (Fsp3) is 0.0870. The van der Waals surface area contributed by atoms with Crippen LogP contribution in [0.25, 0.3) is 22.8 Å². The van der Waals surface area contributed by atoms with Crippen LogP contribution >= 0.6 is 11.6 Å². The quantitative estimate of drug-likeness (QED) is 0.465. The summed E-state index contributed by atoms with van der Waals surface area (Å²) in [6, 6.07) is 18.3. The average molecular weight is 464 g/mol.